The molecule has 0 saturated carbocycles. The van der Waals surface area contributed by atoms with Crippen LogP contribution in [-0.2, 0) is 4.74 Å². The number of fused-ring (bicyclic) bond motifs is 1. The highest BCUT2D eigenvalue weighted by Crippen LogP contribution is 2.29. The van der Waals surface area contributed by atoms with Crippen molar-refractivity contribution in [3.63, 3.8) is 0 Å². The Hall–Kier alpha value is -0.720. The predicted octanol–water partition coefficient (Wildman–Crippen LogP) is 2.29. The zero-order chi connectivity index (χ0) is 11.0. The molecule has 0 unspecified atom stereocenters. The van der Waals surface area contributed by atoms with Crippen molar-refractivity contribution in [1.29, 1.82) is 0 Å². The quantitative estimate of drug-likeness (QED) is 0.757. The Morgan fingerprint density at radius 3 is 3.00 bits per heavy atom. The van der Waals surface area contributed by atoms with Gasteiger partial charge in [0.15, 0.2) is 5.13 Å². The SMILES string of the molecule is Brc1cc2sc(N3CCOCC3)nc2cn1. The maximum atomic E-state index is 5.33. The molecule has 0 atom stereocenters. The van der Waals surface area contributed by atoms with Crippen LogP contribution in [0, 0.1) is 0 Å². The average Bonchev–Trinajstić information content (AvgIpc) is 2.73. The lowest BCUT2D eigenvalue weighted by Gasteiger charge is -2.25. The number of ether oxygens (including phenoxy) is 1. The first-order chi connectivity index (χ1) is 7.83. The molecule has 0 aromatic carbocycles. The average molecular weight is 300 g/mol. The fraction of sp³-hybridized carbons (Fsp3) is 0.400. The van der Waals surface area contributed by atoms with Gasteiger partial charge in [0, 0.05) is 13.1 Å². The Kier molecular flexibility index (Phi) is 2.79. The normalized spacial score (nSPS) is 16.9. The molecule has 0 aliphatic carbocycles. The van der Waals surface area contributed by atoms with Crippen LogP contribution in [0.15, 0.2) is 16.9 Å². The van der Waals surface area contributed by atoms with Gasteiger partial charge >= 0.3 is 0 Å². The summed E-state index contributed by atoms with van der Waals surface area (Å²) in [6, 6.07) is 2.01. The van der Waals surface area contributed by atoms with Crippen molar-refractivity contribution in [3.05, 3.63) is 16.9 Å². The highest BCUT2D eigenvalue weighted by molar-refractivity contribution is 9.10. The van der Waals surface area contributed by atoms with E-state index in [1.54, 1.807) is 17.5 Å². The molecule has 0 radical (unpaired) electrons. The smallest absolute Gasteiger partial charge is 0.186 e. The van der Waals surface area contributed by atoms with Gasteiger partial charge in [-0.3, -0.25) is 0 Å². The number of morpholine rings is 1. The molecule has 1 aliphatic heterocycles. The Morgan fingerprint density at radius 1 is 1.38 bits per heavy atom. The predicted molar refractivity (Wildman–Crippen MR) is 68.1 cm³/mol. The van der Waals surface area contributed by atoms with E-state index < -0.39 is 0 Å². The summed E-state index contributed by atoms with van der Waals surface area (Å²) in [5.41, 5.74) is 0.967. The van der Waals surface area contributed by atoms with Crippen molar-refractivity contribution >= 4 is 42.6 Å². The number of hydrogen-bond acceptors (Lipinski definition) is 5. The van der Waals surface area contributed by atoms with E-state index in [2.05, 4.69) is 30.8 Å². The standard InChI is InChI=1S/C10H10BrN3OS/c11-9-5-8-7(6-12-9)13-10(16-8)14-1-3-15-4-2-14/h5-6H,1-4H2. The molecule has 16 heavy (non-hydrogen) atoms. The van der Waals surface area contributed by atoms with Crippen LogP contribution in [0.4, 0.5) is 5.13 Å². The third-order valence-electron chi connectivity index (χ3n) is 2.51. The monoisotopic (exact) mass is 299 g/mol. The van der Waals surface area contributed by atoms with Crippen LogP contribution in [0.25, 0.3) is 10.2 Å². The molecule has 2 aromatic rings. The summed E-state index contributed by atoms with van der Waals surface area (Å²) < 4.78 is 7.36. The minimum Gasteiger partial charge on any atom is -0.378 e. The molecule has 1 aliphatic rings. The number of nitrogens with zero attached hydrogens (tertiary/aromatic N) is 3. The molecular weight excluding hydrogens is 290 g/mol. The molecule has 0 N–H and O–H groups in total. The van der Waals surface area contributed by atoms with Crippen LogP contribution in [0.1, 0.15) is 0 Å². The summed E-state index contributed by atoms with van der Waals surface area (Å²) in [5, 5.41) is 1.07. The zero-order valence-electron chi connectivity index (χ0n) is 8.52. The summed E-state index contributed by atoms with van der Waals surface area (Å²) in [5.74, 6) is 0. The number of rotatable bonds is 1. The van der Waals surface area contributed by atoms with Gasteiger partial charge in [-0.1, -0.05) is 11.3 Å². The van der Waals surface area contributed by atoms with Crippen LogP contribution in [0.2, 0.25) is 0 Å². The fourth-order valence-electron chi connectivity index (χ4n) is 1.69. The zero-order valence-corrected chi connectivity index (χ0v) is 10.9. The molecule has 1 fully saturated rings. The van der Waals surface area contributed by atoms with Crippen LogP contribution < -0.4 is 4.90 Å². The lowest BCUT2D eigenvalue weighted by atomic mass is 10.4. The molecule has 6 heteroatoms. The first-order valence-corrected chi connectivity index (χ1v) is 6.69. The fourth-order valence-corrected chi connectivity index (χ4v) is 3.19. The largest absolute Gasteiger partial charge is 0.378 e. The molecule has 0 spiro atoms. The summed E-state index contributed by atoms with van der Waals surface area (Å²) in [6.07, 6.45) is 1.81. The third kappa shape index (κ3) is 1.92. The van der Waals surface area contributed by atoms with E-state index in [0.717, 1.165) is 41.6 Å². The van der Waals surface area contributed by atoms with Crippen LogP contribution in [0.3, 0.4) is 0 Å². The van der Waals surface area contributed by atoms with E-state index in [-0.39, 0.29) is 0 Å². The van der Waals surface area contributed by atoms with Crippen LogP contribution in [0.5, 0.6) is 0 Å². The number of thiazole rings is 1. The van der Waals surface area contributed by atoms with E-state index in [1.807, 2.05) is 6.07 Å². The Balaban J connectivity index is 1.97. The van der Waals surface area contributed by atoms with Gasteiger partial charge in [-0.05, 0) is 22.0 Å². The number of pyridine rings is 1. The van der Waals surface area contributed by atoms with E-state index >= 15 is 0 Å². The molecule has 3 heterocycles. The molecular formula is C10H10BrN3OS. The van der Waals surface area contributed by atoms with E-state index in [0.29, 0.717) is 0 Å². The highest BCUT2D eigenvalue weighted by Gasteiger charge is 2.15. The van der Waals surface area contributed by atoms with E-state index in [4.69, 9.17) is 4.74 Å². The summed E-state index contributed by atoms with van der Waals surface area (Å²) in [7, 11) is 0. The Labute approximate surface area is 105 Å². The van der Waals surface area contributed by atoms with Gasteiger partial charge in [0.1, 0.15) is 10.1 Å². The molecule has 4 nitrogen and oxygen atoms in total. The number of hydrogen-bond donors (Lipinski definition) is 0. The Bertz CT molecular complexity index is 510. The maximum absolute atomic E-state index is 5.33. The number of aromatic nitrogens is 2. The molecule has 3 rings (SSSR count). The lowest BCUT2D eigenvalue weighted by Crippen LogP contribution is -2.36. The summed E-state index contributed by atoms with van der Waals surface area (Å²) in [6.45, 7) is 3.43. The first kappa shape index (κ1) is 10.4. The van der Waals surface area contributed by atoms with E-state index in [1.165, 1.54) is 4.70 Å². The van der Waals surface area contributed by atoms with Crippen molar-refractivity contribution < 1.29 is 4.74 Å². The van der Waals surface area contributed by atoms with Crippen LogP contribution >= 0.6 is 27.3 Å². The van der Waals surface area contributed by atoms with Gasteiger partial charge in [-0.2, -0.15) is 0 Å². The molecule has 0 amide bonds. The second kappa shape index (κ2) is 4.27. The molecule has 2 aromatic heterocycles. The van der Waals surface area contributed by atoms with Crippen molar-refractivity contribution in [1.82, 2.24) is 9.97 Å². The number of halogens is 1. The Morgan fingerprint density at radius 2 is 2.19 bits per heavy atom. The van der Waals surface area contributed by atoms with Crippen molar-refractivity contribution in [2.45, 2.75) is 0 Å². The minimum atomic E-state index is 0.790. The summed E-state index contributed by atoms with van der Waals surface area (Å²) >= 11 is 5.08. The van der Waals surface area contributed by atoms with Gasteiger partial charge in [0.2, 0.25) is 0 Å². The topological polar surface area (TPSA) is 38.2 Å². The molecule has 84 valence electrons. The highest BCUT2D eigenvalue weighted by atomic mass is 79.9. The van der Waals surface area contributed by atoms with Gasteiger partial charge < -0.3 is 9.64 Å². The maximum Gasteiger partial charge on any atom is 0.186 e. The first-order valence-electron chi connectivity index (χ1n) is 5.08. The lowest BCUT2D eigenvalue weighted by molar-refractivity contribution is 0.122. The van der Waals surface area contributed by atoms with Crippen molar-refractivity contribution in [2.24, 2.45) is 0 Å². The molecule has 0 bridgehead atoms. The van der Waals surface area contributed by atoms with Crippen molar-refractivity contribution in [3.8, 4) is 0 Å². The molecule has 1 saturated heterocycles. The van der Waals surface area contributed by atoms with E-state index in [9.17, 15) is 0 Å². The van der Waals surface area contributed by atoms with Crippen molar-refractivity contribution in [2.75, 3.05) is 31.2 Å². The minimum absolute atomic E-state index is 0.790. The second-order valence-corrected chi connectivity index (χ2v) is 5.39. The van der Waals surface area contributed by atoms with Gasteiger partial charge in [-0.15, -0.1) is 0 Å². The third-order valence-corrected chi connectivity index (χ3v) is 4.02. The van der Waals surface area contributed by atoms with Crippen LogP contribution in [-0.4, -0.2) is 36.3 Å². The van der Waals surface area contributed by atoms with Gasteiger partial charge in [-0.25, -0.2) is 9.97 Å². The summed E-state index contributed by atoms with van der Waals surface area (Å²) in [4.78, 5) is 11.0. The van der Waals surface area contributed by atoms with Gasteiger partial charge in [0.25, 0.3) is 0 Å². The van der Waals surface area contributed by atoms with Gasteiger partial charge in [0.05, 0.1) is 24.1 Å². The number of anilines is 1. The second-order valence-electron chi connectivity index (χ2n) is 3.57.